The van der Waals surface area contributed by atoms with Gasteiger partial charge in [-0.1, -0.05) is 60.7 Å². The maximum atomic E-state index is 12.8. The van der Waals surface area contributed by atoms with E-state index in [2.05, 4.69) is 0 Å². The number of benzene rings is 2. The molecule has 5 heteroatoms. The Kier molecular flexibility index (Phi) is 4.92. The van der Waals surface area contributed by atoms with Crippen LogP contribution in [0.5, 0.6) is 0 Å². The zero-order chi connectivity index (χ0) is 18.6. The van der Waals surface area contributed by atoms with E-state index in [-0.39, 0.29) is 12.5 Å². The van der Waals surface area contributed by atoms with Crippen molar-refractivity contribution in [2.45, 2.75) is 25.8 Å². The number of amides is 1. The fraction of sp³-hybridized carbons (Fsp3) is 0.273. The largest absolute Gasteiger partial charge is 0.420 e. The molecule has 0 atom stereocenters. The lowest BCUT2D eigenvalue weighted by molar-refractivity contribution is -0.132. The van der Waals surface area contributed by atoms with Gasteiger partial charge in [-0.2, -0.15) is 0 Å². The lowest BCUT2D eigenvalue weighted by Crippen LogP contribution is -2.39. The quantitative estimate of drug-likeness (QED) is 0.710. The Bertz CT molecular complexity index is 968. The Hall–Kier alpha value is -3.08. The molecule has 1 aliphatic heterocycles. The number of carbonyl (C=O) groups is 1. The minimum Gasteiger partial charge on any atom is -0.407 e. The van der Waals surface area contributed by atoms with Gasteiger partial charge in [0.1, 0.15) is 6.54 Å². The van der Waals surface area contributed by atoms with Crippen LogP contribution >= 0.6 is 0 Å². The van der Waals surface area contributed by atoms with Gasteiger partial charge in [0.05, 0.1) is 5.69 Å². The molecule has 0 radical (unpaired) electrons. The number of hydrogen-bond acceptors (Lipinski definition) is 3. The summed E-state index contributed by atoms with van der Waals surface area (Å²) in [5.74, 6) is -0.0364. The van der Waals surface area contributed by atoms with E-state index in [1.165, 1.54) is 4.57 Å². The first-order valence-corrected chi connectivity index (χ1v) is 9.36. The van der Waals surface area contributed by atoms with Crippen molar-refractivity contribution < 1.29 is 9.21 Å². The number of carbonyl (C=O) groups excluding carboxylic acids is 1. The first-order chi connectivity index (χ1) is 13.2. The van der Waals surface area contributed by atoms with Crippen molar-refractivity contribution in [2.75, 3.05) is 13.1 Å². The first kappa shape index (κ1) is 17.3. The Labute approximate surface area is 157 Å². The average Bonchev–Trinajstić information content (AvgIpc) is 3.06. The summed E-state index contributed by atoms with van der Waals surface area (Å²) >= 11 is 0. The van der Waals surface area contributed by atoms with Crippen molar-refractivity contribution >= 4 is 5.91 Å². The SMILES string of the molecule is O=C(Cn1c(-c2ccccc2)c(-c2ccccc2)oc1=O)N1CCCCC1. The van der Waals surface area contributed by atoms with Gasteiger partial charge in [-0.15, -0.1) is 0 Å². The molecule has 1 aromatic heterocycles. The summed E-state index contributed by atoms with van der Waals surface area (Å²) < 4.78 is 7.08. The smallest absolute Gasteiger partial charge is 0.407 e. The van der Waals surface area contributed by atoms with E-state index < -0.39 is 5.76 Å². The first-order valence-electron chi connectivity index (χ1n) is 9.36. The van der Waals surface area contributed by atoms with Gasteiger partial charge in [-0.25, -0.2) is 4.79 Å². The molecular formula is C22H22N2O3. The third-order valence-electron chi connectivity index (χ3n) is 4.98. The molecule has 2 aromatic carbocycles. The van der Waals surface area contributed by atoms with Crippen LogP contribution in [0.1, 0.15) is 19.3 Å². The van der Waals surface area contributed by atoms with Crippen LogP contribution in [0, 0.1) is 0 Å². The fourth-order valence-corrected chi connectivity index (χ4v) is 3.59. The van der Waals surface area contributed by atoms with Crippen LogP contribution in [-0.4, -0.2) is 28.5 Å². The molecule has 0 N–H and O–H groups in total. The van der Waals surface area contributed by atoms with Gasteiger partial charge >= 0.3 is 5.76 Å². The van der Waals surface area contributed by atoms with Crippen LogP contribution in [0.15, 0.2) is 69.9 Å². The minimum absolute atomic E-state index is 0.000601. The van der Waals surface area contributed by atoms with Crippen LogP contribution in [0.25, 0.3) is 22.6 Å². The fourth-order valence-electron chi connectivity index (χ4n) is 3.59. The lowest BCUT2D eigenvalue weighted by atomic mass is 10.1. The monoisotopic (exact) mass is 362 g/mol. The zero-order valence-electron chi connectivity index (χ0n) is 15.1. The summed E-state index contributed by atoms with van der Waals surface area (Å²) in [6.07, 6.45) is 3.20. The molecule has 4 rings (SSSR count). The Morgan fingerprint density at radius 1 is 0.852 bits per heavy atom. The summed E-state index contributed by atoms with van der Waals surface area (Å²) in [5, 5.41) is 0. The van der Waals surface area contributed by atoms with Gasteiger partial charge in [0.15, 0.2) is 5.76 Å². The Morgan fingerprint density at radius 3 is 2.07 bits per heavy atom. The third-order valence-corrected chi connectivity index (χ3v) is 4.98. The molecule has 0 aliphatic carbocycles. The van der Waals surface area contributed by atoms with Gasteiger partial charge in [0, 0.05) is 24.2 Å². The molecule has 1 amide bonds. The maximum absolute atomic E-state index is 12.8. The Balaban J connectivity index is 1.78. The molecule has 138 valence electrons. The Morgan fingerprint density at radius 2 is 1.44 bits per heavy atom. The van der Waals surface area contributed by atoms with Crippen molar-refractivity contribution in [1.29, 1.82) is 0 Å². The predicted molar refractivity (Wildman–Crippen MR) is 104 cm³/mol. The van der Waals surface area contributed by atoms with Gasteiger partial charge < -0.3 is 9.32 Å². The van der Waals surface area contributed by atoms with Gasteiger partial charge in [-0.05, 0) is 19.3 Å². The van der Waals surface area contributed by atoms with E-state index >= 15 is 0 Å². The van der Waals surface area contributed by atoms with Crippen molar-refractivity contribution in [2.24, 2.45) is 0 Å². The molecule has 2 heterocycles. The second-order valence-electron chi connectivity index (χ2n) is 6.81. The number of nitrogens with zero attached hydrogens (tertiary/aromatic N) is 2. The van der Waals surface area contributed by atoms with Crippen LogP contribution in [-0.2, 0) is 11.3 Å². The summed E-state index contributed by atoms with van der Waals surface area (Å²) in [6, 6.07) is 19.1. The second-order valence-corrected chi connectivity index (χ2v) is 6.81. The topological polar surface area (TPSA) is 55.5 Å². The number of piperidine rings is 1. The lowest BCUT2D eigenvalue weighted by Gasteiger charge is -2.26. The normalized spacial score (nSPS) is 14.3. The van der Waals surface area contributed by atoms with E-state index in [0.717, 1.165) is 43.5 Å². The highest BCUT2D eigenvalue weighted by Gasteiger charge is 2.24. The van der Waals surface area contributed by atoms with Crippen molar-refractivity contribution in [3.8, 4) is 22.6 Å². The average molecular weight is 362 g/mol. The molecule has 5 nitrogen and oxygen atoms in total. The molecular weight excluding hydrogens is 340 g/mol. The van der Waals surface area contributed by atoms with Gasteiger partial charge in [0.2, 0.25) is 5.91 Å². The summed E-state index contributed by atoms with van der Waals surface area (Å²) in [5.41, 5.74) is 2.32. The molecule has 1 fully saturated rings. The molecule has 3 aromatic rings. The van der Waals surface area contributed by atoms with E-state index in [9.17, 15) is 9.59 Å². The highest BCUT2D eigenvalue weighted by Crippen LogP contribution is 2.31. The molecule has 27 heavy (non-hydrogen) atoms. The van der Waals surface area contributed by atoms with E-state index in [1.54, 1.807) is 0 Å². The van der Waals surface area contributed by atoms with E-state index in [1.807, 2.05) is 65.6 Å². The van der Waals surface area contributed by atoms with Crippen LogP contribution < -0.4 is 5.76 Å². The van der Waals surface area contributed by atoms with Crippen molar-refractivity contribution in [3.05, 3.63) is 71.2 Å². The zero-order valence-corrected chi connectivity index (χ0v) is 15.1. The second kappa shape index (κ2) is 7.66. The van der Waals surface area contributed by atoms with E-state index in [0.29, 0.717) is 11.5 Å². The molecule has 1 saturated heterocycles. The number of rotatable bonds is 4. The van der Waals surface area contributed by atoms with Crippen molar-refractivity contribution in [1.82, 2.24) is 9.47 Å². The van der Waals surface area contributed by atoms with Gasteiger partial charge in [0.25, 0.3) is 0 Å². The van der Waals surface area contributed by atoms with E-state index in [4.69, 9.17) is 4.42 Å². The molecule has 0 bridgehead atoms. The molecule has 1 aliphatic rings. The van der Waals surface area contributed by atoms with Crippen LogP contribution in [0.2, 0.25) is 0 Å². The number of hydrogen-bond donors (Lipinski definition) is 0. The summed E-state index contributed by atoms with van der Waals surface area (Å²) in [6.45, 7) is 1.52. The molecule has 0 unspecified atom stereocenters. The summed E-state index contributed by atoms with van der Waals surface area (Å²) in [4.78, 5) is 27.3. The standard InChI is InChI=1S/C22H22N2O3/c25-19(23-14-8-3-9-15-23)16-24-20(17-10-4-1-5-11-17)21(27-22(24)26)18-12-6-2-7-13-18/h1-2,4-7,10-13H,3,8-9,14-16H2. The number of likely N-dealkylation sites (tertiary alicyclic amines) is 1. The number of aromatic nitrogens is 1. The summed E-state index contributed by atoms with van der Waals surface area (Å²) in [7, 11) is 0. The van der Waals surface area contributed by atoms with Gasteiger partial charge in [-0.3, -0.25) is 9.36 Å². The highest BCUT2D eigenvalue weighted by atomic mass is 16.4. The molecule has 0 spiro atoms. The number of oxazole rings is 1. The van der Waals surface area contributed by atoms with Crippen LogP contribution in [0.3, 0.4) is 0 Å². The maximum Gasteiger partial charge on any atom is 0.420 e. The minimum atomic E-state index is -0.502. The predicted octanol–water partition coefficient (Wildman–Crippen LogP) is 3.79. The highest BCUT2D eigenvalue weighted by molar-refractivity contribution is 5.80. The van der Waals surface area contributed by atoms with Crippen LogP contribution in [0.4, 0.5) is 0 Å². The third kappa shape index (κ3) is 3.58. The molecule has 0 saturated carbocycles. The van der Waals surface area contributed by atoms with Crippen molar-refractivity contribution in [3.63, 3.8) is 0 Å².